The normalized spacial score (nSPS) is 16.9. The smallest absolute Gasteiger partial charge is 0.262 e. The summed E-state index contributed by atoms with van der Waals surface area (Å²) in [6.07, 6.45) is 5.00. The molecule has 0 saturated carbocycles. The second-order valence-electron chi connectivity index (χ2n) is 8.07. The standard InChI is InChI=1S/C23H23ClN6O3S2/c1-29-14-22(26-15-29)35(31,32)30-9-10-33-20(13-30)19-7-4-8-21(27-19)28-23-25-12-17(34-23)11-16-5-2-3-6-18(16)24/h2-8,12,14-15,20H,9-11,13H2,1H3,(H,25,27,28)/t20-/m0/s1. The maximum Gasteiger partial charge on any atom is 0.262 e. The van der Waals surface area contributed by atoms with E-state index in [4.69, 9.17) is 16.3 Å². The monoisotopic (exact) mass is 530 g/mol. The summed E-state index contributed by atoms with van der Waals surface area (Å²) in [5, 5.41) is 4.71. The van der Waals surface area contributed by atoms with E-state index in [1.807, 2.05) is 48.7 Å². The van der Waals surface area contributed by atoms with Gasteiger partial charge >= 0.3 is 0 Å². The van der Waals surface area contributed by atoms with Crippen LogP contribution in [0.2, 0.25) is 5.02 Å². The zero-order valence-electron chi connectivity index (χ0n) is 18.8. The van der Waals surface area contributed by atoms with Gasteiger partial charge in [0.2, 0.25) is 0 Å². The van der Waals surface area contributed by atoms with Crippen molar-refractivity contribution in [1.82, 2.24) is 23.8 Å². The average molecular weight is 531 g/mol. The fourth-order valence-electron chi connectivity index (χ4n) is 3.76. The number of nitrogens with one attached hydrogen (secondary N) is 1. The molecule has 1 aliphatic heterocycles. The minimum absolute atomic E-state index is 0.0281. The lowest BCUT2D eigenvalue weighted by Gasteiger charge is -2.31. The minimum atomic E-state index is -3.71. The summed E-state index contributed by atoms with van der Waals surface area (Å²) in [7, 11) is -1.97. The number of halogens is 1. The molecule has 0 amide bonds. The van der Waals surface area contributed by atoms with Crippen molar-refractivity contribution in [3.8, 4) is 0 Å². The highest BCUT2D eigenvalue weighted by atomic mass is 35.5. The van der Waals surface area contributed by atoms with E-state index in [0.717, 1.165) is 15.5 Å². The third kappa shape index (κ3) is 5.39. The number of hydrogen-bond acceptors (Lipinski definition) is 8. The van der Waals surface area contributed by atoms with Crippen molar-refractivity contribution in [3.05, 3.63) is 82.3 Å². The van der Waals surface area contributed by atoms with Crippen LogP contribution in [0.15, 0.2) is 66.2 Å². The Morgan fingerprint density at radius 2 is 2.06 bits per heavy atom. The van der Waals surface area contributed by atoms with Gasteiger partial charge in [0.05, 0.1) is 18.6 Å². The van der Waals surface area contributed by atoms with Crippen molar-refractivity contribution >= 4 is 43.9 Å². The summed E-state index contributed by atoms with van der Waals surface area (Å²) in [5.74, 6) is 0.606. The number of aryl methyl sites for hydroxylation is 1. The molecule has 1 atom stereocenters. The number of rotatable bonds is 7. The number of imidazole rings is 1. The predicted molar refractivity (Wildman–Crippen MR) is 135 cm³/mol. The number of hydrogen-bond donors (Lipinski definition) is 1. The molecule has 182 valence electrons. The van der Waals surface area contributed by atoms with Gasteiger partial charge in [0.25, 0.3) is 10.0 Å². The molecule has 0 unspecified atom stereocenters. The van der Waals surface area contributed by atoms with Crippen molar-refractivity contribution in [2.24, 2.45) is 7.05 Å². The van der Waals surface area contributed by atoms with Crippen LogP contribution in [0.5, 0.6) is 0 Å². The molecular weight excluding hydrogens is 508 g/mol. The van der Waals surface area contributed by atoms with Crippen molar-refractivity contribution in [1.29, 1.82) is 0 Å². The second-order valence-corrected chi connectivity index (χ2v) is 11.5. The topological polar surface area (TPSA) is 102 Å². The lowest BCUT2D eigenvalue weighted by molar-refractivity contribution is -0.00492. The fourth-order valence-corrected chi connectivity index (χ4v) is 6.20. The van der Waals surface area contributed by atoms with Crippen LogP contribution in [0.3, 0.4) is 0 Å². The van der Waals surface area contributed by atoms with Gasteiger partial charge < -0.3 is 14.6 Å². The summed E-state index contributed by atoms with van der Waals surface area (Å²) in [5.41, 5.74) is 1.69. The highest BCUT2D eigenvalue weighted by molar-refractivity contribution is 7.89. The van der Waals surface area contributed by atoms with E-state index in [1.165, 1.54) is 28.2 Å². The van der Waals surface area contributed by atoms with Crippen molar-refractivity contribution in [2.45, 2.75) is 17.6 Å². The Morgan fingerprint density at radius 1 is 1.20 bits per heavy atom. The van der Waals surface area contributed by atoms with Crippen molar-refractivity contribution < 1.29 is 13.2 Å². The molecule has 1 aliphatic rings. The van der Waals surface area contributed by atoms with E-state index in [2.05, 4.69) is 20.3 Å². The van der Waals surface area contributed by atoms with E-state index >= 15 is 0 Å². The SMILES string of the molecule is Cn1cnc(S(=O)(=O)N2CCO[C@H](c3cccc(Nc4ncc(Cc5ccccc5Cl)s4)n3)C2)c1. The van der Waals surface area contributed by atoms with Crippen LogP contribution in [0.1, 0.15) is 22.2 Å². The predicted octanol–water partition coefficient (Wildman–Crippen LogP) is 4.02. The minimum Gasteiger partial charge on any atom is -0.369 e. The number of aromatic nitrogens is 4. The molecule has 4 aromatic rings. The first-order valence-corrected chi connectivity index (χ1v) is 13.5. The first-order valence-electron chi connectivity index (χ1n) is 10.9. The molecule has 4 heterocycles. The fraction of sp³-hybridized carbons (Fsp3) is 0.261. The maximum atomic E-state index is 13.0. The zero-order chi connectivity index (χ0) is 24.4. The molecule has 0 aliphatic carbocycles. The molecular formula is C23H23ClN6O3S2. The third-order valence-electron chi connectivity index (χ3n) is 5.53. The van der Waals surface area contributed by atoms with Gasteiger partial charge in [0, 0.05) is 48.9 Å². The number of nitrogens with zero attached hydrogens (tertiary/aromatic N) is 5. The van der Waals surface area contributed by atoms with Gasteiger partial charge in [-0.2, -0.15) is 4.31 Å². The van der Waals surface area contributed by atoms with Crippen LogP contribution in [-0.4, -0.2) is 51.9 Å². The van der Waals surface area contributed by atoms with Crippen molar-refractivity contribution in [3.63, 3.8) is 0 Å². The summed E-state index contributed by atoms with van der Waals surface area (Å²) in [6, 6.07) is 13.3. The van der Waals surface area contributed by atoms with E-state index in [0.29, 0.717) is 23.1 Å². The number of sulfonamides is 1. The molecule has 1 N–H and O–H groups in total. The number of anilines is 2. The van der Waals surface area contributed by atoms with E-state index in [-0.39, 0.29) is 24.7 Å². The maximum absolute atomic E-state index is 13.0. The van der Waals surface area contributed by atoms with E-state index in [9.17, 15) is 8.42 Å². The zero-order valence-corrected chi connectivity index (χ0v) is 21.2. The number of benzene rings is 1. The Labute approximate surface area is 212 Å². The average Bonchev–Trinajstić information content (AvgIpc) is 3.50. The molecule has 5 rings (SSSR count). The van der Waals surface area contributed by atoms with Gasteiger partial charge in [-0.15, -0.1) is 11.3 Å². The first-order chi connectivity index (χ1) is 16.9. The highest BCUT2D eigenvalue weighted by Crippen LogP contribution is 2.28. The van der Waals surface area contributed by atoms with E-state index in [1.54, 1.807) is 11.6 Å². The quantitative estimate of drug-likeness (QED) is 0.385. The Hall–Kier alpha value is -2.83. The molecule has 12 heteroatoms. The first kappa shape index (κ1) is 23.9. The molecule has 0 radical (unpaired) electrons. The van der Waals surface area contributed by atoms with Gasteiger partial charge in [-0.25, -0.2) is 23.4 Å². The molecule has 3 aromatic heterocycles. The summed E-state index contributed by atoms with van der Waals surface area (Å²) in [6.45, 7) is 0.698. The lowest BCUT2D eigenvalue weighted by atomic mass is 10.1. The Balaban J connectivity index is 1.28. The molecule has 1 fully saturated rings. The number of pyridine rings is 1. The van der Waals surface area contributed by atoms with Crippen LogP contribution in [0.4, 0.5) is 10.9 Å². The van der Waals surface area contributed by atoms with E-state index < -0.39 is 16.1 Å². The number of thiazole rings is 1. The summed E-state index contributed by atoms with van der Waals surface area (Å²) < 4.78 is 34.8. The van der Waals surface area contributed by atoms with Crippen LogP contribution in [0, 0.1) is 0 Å². The van der Waals surface area contributed by atoms with Crippen molar-refractivity contribution in [2.75, 3.05) is 25.0 Å². The molecule has 9 nitrogen and oxygen atoms in total. The largest absolute Gasteiger partial charge is 0.369 e. The van der Waals surface area contributed by atoms with Gasteiger partial charge in [-0.1, -0.05) is 35.9 Å². The Morgan fingerprint density at radius 3 is 2.86 bits per heavy atom. The molecule has 0 spiro atoms. The summed E-state index contributed by atoms with van der Waals surface area (Å²) in [4.78, 5) is 14.2. The Bertz CT molecular complexity index is 1440. The third-order valence-corrected chi connectivity index (χ3v) is 8.56. The number of morpholine rings is 1. The van der Waals surface area contributed by atoms with Gasteiger partial charge in [0.15, 0.2) is 10.2 Å². The molecule has 1 saturated heterocycles. The number of ether oxygens (including phenoxy) is 1. The van der Waals surface area contributed by atoms with Crippen LogP contribution in [0.25, 0.3) is 0 Å². The van der Waals surface area contributed by atoms with Gasteiger partial charge in [0.1, 0.15) is 11.9 Å². The summed E-state index contributed by atoms with van der Waals surface area (Å²) >= 11 is 7.80. The lowest BCUT2D eigenvalue weighted by Crippen LogP contribution is -2.42. The Kier molecular flexibility index (Phi) is 6.85. The van der Waals surface area contributed by atoms with Gasteiger partial charge in [-0.3, -0.25) is 0 Å². The molecule has 0 bridgehead atoms. The van der Waals surface area contributed by atoms with Crippen LogP contribution < -0.4 is 5.32 Å². The molecule has 35 heavy (non-hydrogen) atoms. The second kappa shape index (κ2) is 10.0. The van der Waals surface area contributed by atoms with Crippen LogP contribution in [-0.2, 0) is 28.2 Å². The highest BCUT2D eigenvalue weighted by Gasteiger charge is 2.33. The molecule has 1 aromatic carbocycles. The van der Waals surface area contributed by atoms with Crippen LogP contribution >= 0.6 is 22.9 Å². The van der Waals surface area contributed by atoms with Gasteiger partial charge in [-0.05, 0) is 23.8 Å².